The number of rotatable bonds is 2. The zero-order chi connectivity index (χ0) is 16.9. The summed E-state index contributed by atoms with van der Waals surface area (Å²) in [6.45, 7) is 1.80. The maximum Gasteiger partial charge on any atom is 0.131 e. The third kappa shape index (κ3) is 3.22. The quantitative estimate of drug-likeness (QED) is 0.547. The number of halogens is 1. The lowest BCUT2D eigenvalue weighted by atomic mass is 9.98. The molecule has 0 spiro atoms. The summed E-state index contributed by atoms with van der Waals surface area (Å²) in [7, 11) is 0. The van der Waals surface area contributed by atoms with Gasteiger partial charge in [0.1, 0.15) is 5.82 Å². The van der Waals surface area contributed by atoms with Crippen LogP contribution in [0.2, 0.25) is 0 Å². The lowest BCUT2D eigenvalue weighted by Crippen LogP contribution is -1.87. The monoisotopic (exact) mass is 310 g/mol. The Morgan fingerprint density at radius 3 is 1.92 bits per heavy atom. The van der Waals surface area contributed by atoms with Crippen LogP contribution in [-0.2, 0) is 0 Å². The average Bonchev–Trinajstić information content (AvgIpc) is 2.63. The van der Waals surface area contributed by atoms with Crippen molar-refractivity contribution in [3.63, 3.8) is 0 Å². The fraction of sp³-hybridized carbons (Fsp3) is 0.0435. The van der Waals surface area contributed by atoms with Gasteiger partial charge in [-0.2, -0.15) is 0 Å². The highest BCUT2D eigenvalue weighted by molar-refractivity contribution is 5.71. The largest absolute Gasteiger partial charge is 0.206 e. The Balaban J connectivity index is 1.93. The molecule has 0 unspecified atom stereocenters. The summed E-state index contributed by atoms with van der Waals surface area (Å²) in [6, 6.07) is 20.4. The van der Waals surface area contributed by atoms with Gasteiger partial charge in [0.05, 0.1) is 0 Å². The van der Waals surface area contributed by atoms with Gasteiger partial charge in [-0.1, -0.05) is 48.2 Å². The lowest BCUT2D eigenvalue weighted by Gasteiger charge is -2.07. The Kier molecular flexibility index (Phi) is 4.46. The van der Waals surface area contributed by atoms with E-state index in [1.54, 1.807) is 19.1 Å². The third-order valence-electron chi connectivity index (χ3n) is 3.82. The Bertz CT molecular complexity index is 960. The van der Waals surface area contributed by atoms with Gasteiger partial charge in [0.2, 0.25) is 0 Å². The Morgan fingerprint density at radius 1 is 0.750 bits per heavy atom. The zero-order valence-corrected chi connectivity index (χ0v) is 13.3. The van der Waals surface area contributed by atoms with Crippen molar-refractivity contribution in [2.45, 2.75) is 6.92 Å². The summed E-state index contributed by atoms with van der Waals surface area (Å²) in [5, 5.41) is 0. The summed E-state index contributed by atoms with van der Waals surface area (Å²) >= 11 is 0. The number of terminal acetylenes is 1. The van der Waals surface area contributed by atoms with E-state index in [0.717, 1.165) is 27.8 Å². The molecule has 1 heteroatoms. The number of benzene rings is 3. The van der Waals surface area contributed by atoms with Gasteiger partial charge in [-0.05, 0) is 53.9 Å². The van der Waals surface area contributed by atoms with E-state index in [0.29, 0.717) is 5.56 Å². The molecule has 0 aromatic heterocycles. The summed E-state index contributed by atoms with van der Waals surface area (Å²) in [4.78, 5) is 0. The Labute approximate surface area is 142 Å². The molecule has 0 saturated carbocycles. The van der Waals surface area contributed by atoms with E-state index in [1.807, 2.05) is 54.6 Å². The smallest absolute Gasteiger partial charge is 0.131 e. The zero-order valence-electron chi connectivity index (χ0n) is 13.3. The topological polar surface area (TPSA) is 0 Å². The van der Waals surface area contributed by atoms with E-state index >= 15 is 0 Å². The van der Waals surface area contributed by atoms with Gasteiger partial charge in [0.25, 0.3) is 0 Å². The number of hydrogen-bond acceptors (Lipinski definition) is 0. The van der Waals surface area contributed by atoms with Crippen LogP contribution in [0.4, 0.5) is 4.39 Å². The highest BCUT2D eigenvalue weighted by Crippen LogP contribution is 2.28. The van der Waals surface area contributed by atoms with Gasteiger partial charge in [-0.3, -0.25) is 0 Å². The molecule has 0 N–H and O–H groups in total. The van der Waals surface area contributed by atoms with Gasteiger partial charge in [0, 0.05) is 16.7 Å². The fourth-order valence-corrected chi connectivity index (χ4v) is 2.57. The van der Waals surface area contributed by atoms with Crippen molar-refractivity contribution < 1.29 is 4.39 Å². The van der Waals surface area contributed by atoms with Crippen LogP contribution in [0.1, 0.15) is 18.1 Å². The summed E-state index contributed by atoms with van der Waals surface area (Å²) < 4.78 is 14.5. The molecule has 0 amide bonds. The highest BCUT2D eigenvalue weighted by atomic mass is 19.1. The molecular weight excluding hydrogens is 295 g/mol. The molecule has 0 saturated heterocycles. The van der Waals surface area contributed by atoms with Crippen LogP contribution in [0.5, 0.6) is 0 Å². The van der Waals surface area contributed by atoms with Crippen molar-refractivity contribution in [1.29, 1.82) is 0 Å². The van der Waals surface area contributed by atoms with Crippen molar-refractivity contribution in [1.82, 2.24) is 0 Å². The molecule has 114 valence electrons. The van der Waals surface area contributed by atoms with Crippen molar-refractivity contribution >= 4 is 0 Å². The first-order valence-electron chi connectivity index (χ1n) is 7.61. The molecule has 0 aliphatic carbocycles. The van der Waals surface area contributed by atoms with E-state index < -0.39 is 0 Å². The second-order valence-corrected chi connectivity index (χ2v) is 5.37. The summed E-state index contributed by atoms with van der Waals surface area (Å²) in [5.74, 6) is 8.17. The summed E-state index contributed by atoms with van der Waals surface area (Å²) in [6.07, 6.45) is 5.35. The highest BCUT2D eigenvalue weighted by Gasteiger charge is 2.07. The maximum atomic E-state index is 14.5. The summed E-state index contributed by atoms with van der Waals surface area (Å²) in [5.41, 5.74) is 4.91. The van der Waals surface area contributed by atoms with Crippen molar-refractivity contribution in [2.75, 3.05) is 0 Å². The molecule has 3 aromatic rings. The van der Waals surface area contributed by atoms with Crippen LogP contribution in [0, 0.1) is 30.0 Å². The molecule has 0 aliphatic heterocycles. The molecule has 0 radical (unpaired) electrons. The van der Waals surface area contributed by atoms with Gasteiger partial charge in [-0.25, -0.2) is 4.39 Å². The molecule has 0 heterocycles. The Hall–Kier alpha value is -3.29. The molecule has 0 nitrogen and oxygen atoms in total. The van der Waals surface area contributed by atoms with Gasteiger partial charge < -0.3 is 0 Å². The van der Waals surface area contributed by atoms with E-state index in [-0.39, 0.29) is 5.82 Å². The van der Waals surface area contributed by atoms with E-state index in [4.69, 9.17) is 6.42 Å². The first-order chi connectivity index (χ1) is 11.7. The van der Waals surface area contributed by atoms with Crippen LogP contribution in [-0.4, -0.2) is 0 Å². The average molecular weight is 310 g/mol. The molecule has 3 rings (SSSR count). The molecule has 0 aliphatic rings. The second kappa shape index (κ2) is 6.86. The minimum Gasteiger partial charge on any atom is -0.206 e. The molecule has 0 bridgehead atoms. The molecule has 0 fully saturated rings. The lowest BCUT2D eigenvalue weighted by molar-refractivity contribution is 0.632. The number of hydrogen-bond donors (Lipinski definition) is 0. The van der Waals surface area contributed by atoms with Gasteiger partial charge in [-0.15, -0.1) is 12.3 Å². The third-order valence-corrected chi connectivity index (χ3v) is 3.82. The first-order valence-corrected chi connectivity index (χ1v) is 7.61. The van der Waals surface area contributed by atoms with Gasteiger partial charge in [0.15, 0.2) is 0 Å². The minimum atomic E-state index is -0.251. The standard InChI is InChI=1S/C23H15F/c1-3-5-18-8-10-19(11-9-18)21-14-15-22(23(24)16-21)20-12-6-17(4-2)7-13-20/h2,6-16H,1H3. The van der Waals surface area contributed by atoms with Crippen molar-refractivity contribution in [3.05, 3.63) is 83.7 Å². The first kappa shape index (κ1) is 15.6. The van der Waals surface area contributed by atoms with Crippen LogP contribution in [0.15, 0.2) is 66.7 Å². The van der Waals surface area contributed by atoms with Crippen LogP contribution < -0.4 is 0 Å². The van der Waals surface area contributed by atoms with Gasteiger partial charge >= 0.3 is 0 Å². The van der Waals surface area contributed by atoms with E-state index in [1.165, 1.54) is 0 Å². The molecular formula is C23H15F. The predicted octanol–water partition coefficient (Wildman–Crippen LogP) is 5.51. The van der Waals surface area contributed by atoms with Crippen LogP contribution in [0.25, 0.3) is 22.3 Å². The molecule has 24 heavy (non-hydrogen) atoms. The van der Waals surface area contributed by atoms with Crippen molar-refractivity contribution in [2.24, 2.45) is 0 Å². The predicted molar refractivity (Wildman–Crippen MR) is 97.8 cm³/mol. The Morgan fingerprint density at radius 2 is 1.33 bits per heavy atom. The normalized spacial score (nSPS) is 9.71. The SMILES string of the molecule is C#Cc1ccc(-c2ccc(-c3ccc(C#CC)cc3)cc2F)cc1. The van der Waals surface area contributed by atoms with E-state index in [9.17, 15) is 4.39 Å². The molecule has 3 aromatic carbocycles. The van der Waals surface area contributed by atoms with Crippen LogP contribution >= 0.6 is 0 Å². The van der Waals surface area contributed by atoms with Crippen molar-refractivity contribution in [3.8, 4) is 46.4 Å². The molecule has 0 atom stereocenters. The van der Waals surface area contributed by atoms with E-state index in [2.05, 4.69) is 17.8 Å². The maximum absolute atomic E-state index is 14.5. The second-order valence-electron chi connectivity index (χ2n) is 5.37. The minimum absolute atomic E-state index is 0.251. The fourth-order valence-electron chi connectivity index (χ4n) is 2.57. The van der Waals surface area contributed by atoms with Crippen LogP contribution in [0.3, 0.4) is 0 Å².